The summed E-state index contributed by atoms with van der Waals surface area (Å²) in [6.45, 7) is 3.94. The van der Waals surface area contributed by atoms with Crippen molar-refractivity contribution in [2.24, 2.45) is 0 Å². The van der Waals surface area contributed by atoms with Crippen molar-refractivity contribution in [2.75, 3.05) is 39.8 Å². The van der Waals surface area contributed by atoms with E-state index in [0.717, 1.165) is 31.7 Å². The molecule has 7 nitrogen and oxygen atoms in total. The van der Waals surface area contributed by atoms with Crippen molar-refractivity contribution in [1.82, 2.24) is 9.80 Å². The van der Waals surface area contributed by atoms with Gasteiger partial charge in [-0.25, -0.2) is 0 Å². The number of nitrogens with zero attached hydrogens (tertiary/aromatic N) is 3. The van der Waals surface area contributed by atoms with Crippen molar-refractivity contribution in [3.63, 3.8) is 0 Å². The Bertz CT molecular complexity index is 813. The Labute approximate surface area is 182 Å². The van der Waals surface area contributed by atoms with E-state index in [4.69, 9.17) is 4.74 Å². The molecule has 9 heteroatoms. The van der Waals surface area contributed by atoms with Crippen LogP contribution < -0.4 is 4.74 Å². The first kappa shape index (κ1) is 24.8. The average molecular weight is 442 g/mol. The van der Waals surface area contributed by atoms with Crippen LogP contribution in [-0.2, 0) is 6.54 Å². The van der Waals surface area contributed by atoms with Crippen molar-refractivity contribution < 1.29 is 14.5 Å². The minimum Gasteiger partial charge on any atom is -0.497 e. The molecule has 0 aromatic heterocycles. The van der Waals surface area contributed by atoms with Gasteiger partial charge in [0.2, 0.25) is 0 Å². The van der Waals surface area contributed by atoms with Gasteiger partial charge in [-0.05, 0) is 12.1 Å². The zero-order valence-electron chi connectivity index (χ0n) is 16.2. The summed E-state index contributed by atoms with van der Waals surface area (Å²) in [6, 6.07) is 14.1. The molecular formula is C20H25Cl2N3O4. The molecule has 1 aliphatic heterocycles. The van der Waals surface area contributed by atoms with Crippen LogP contribution in [0.5, 0.6) is 5.75 Å². The third kappa shape index (κ3) is 6.68. The first-order chi connectivity index (χ1) is 13.1. The normalized spacial score (nSPS) is 14.4. The molecule has 3 rings (SSSR count). The SMILES string of the molecule is COc1ccc([N+](=O)[O-])c(CN2CCN(CC(=O)c3ccccc3)CC2)c1.Cl.Cl. The van der Waals surface area contributed by atoms with Crippen LogP contribution in [0.2, 0.25) is 0 Å². The summed E-state index contributed by atoms with van der Waals surface area (Å²) in [4.78, 5) is 27.5. The highest BCUT2D eigenvalue weighted by molar-refractivity contribution is 5.97. The number of ketones is 1. The second-order valence-electron chi connectivity index (χ2n) is 6.59. The molecule has 2 aromatic carbocycles. The lowest BCUT2D eigenvalue weighted by Gasteiger charge is -2.34. The van der Waals surface area contributed by atoms with Gasteiger partial charge in [0.25, 0.3) is 5.69 Å². The quantitative estimate of drug-likeness (QED) is 0.372. The Hall–Kier alpha value is -2.19. The first-order valence-electron chi connectivity index (χ1n) is 8.91. The molecule has 0 spiro atoms. The second kappa shape index (κ2) is 11.7. The van der Waals surface area contributed by atoms with E-state index in [0.29, 0.717) is 24.4 Å². The molecular weight excluding hydrogens is 417 g/mol. The van der Waals surface area contributed by atoms with E-state index >= 15 is 0 Å². The number of carbonyl (C=O) groups excluding carboxylic acids is 1. The summed E-state index contributed by atoms with van der Waals surface area (Å²) < 4.78 is 5.19. The van der Waals surface area contributed by atoms with Gasteiger partial charge in [-0.2, -0.15) is 0 Å². The third-order valence-electron chi connectivity index (χ3n) is 4.81. The van der Waals surface area contributed by atoms with E-state index in [1.165, 1.54) is 6.07 Å². The summed E-state index contributed by atoms with van der Waals surface area (Å²) in [7, 11) is 1.55. The summed E-state index contributed by atoms with van der Waals surface area (Å²) in [5, 5.41) is 11.3. The van der Waals surface area contributed by atoms with Crippen LogP contribution in [-0.4, -0.2) is 60.3 Å². The number of hydrogen-bond acceptors (Lipinski definition) is 6. The lowest BCUT2D eigenvalue weighted by atomic mass is 10.1. The number of rotatable bonds is 7. The van der Waals surface area contributed by atoms with Crippen LogP contribution in [0.15, 0.2) is 48.5 Å². The number of carbonyl (C=O) groups is 1. The number of nitro benzene ring substituents is 1. The maximum absolute atomic E-state index is 12.3. The molecule has 0 saturated carbocycles. The van der Waals surface area contributed by atoms with Crippen LogP contribution >= 0.6 is 24.8 Å². The largest absolute Gasteiger partial charge is 0.497 e. The van der Waals surface area contributed by atoms with Gasteiger partial charge in [0.05, 0.1) is 18.6 Å². The van der Waals surface area contributed by atoms with Crippen molar-refractivity contribution >= 4 is 36.3 Å². The van der Waals surface area contributed by atoms with Crippen molar-refractivity contribution in [3.8, 4) is 5.75 Å². The number of Topliss-reactive ketones (excluding diaryl/α,β-unsaturated/α-hetero) is 1. The summed E-state index contributed by atoms with van der Waals surface area (Å²) in [6.07, 6.45) is 0. The van der Waals surface area contributed by atoms with Gasteiger partial charge >= 0.3 is 0 Å². The van der Waals surface area contributed by atoms with Gasteiger partial charge in [-0.15, -0.1) is 24.8 Å². The molecule has 1 heterocycles. The summed E-state index contributed by atoms with van der Waals surface area (Å²) >= 11 is 0. The molecule has 1 aliphatic rings. The van der Waals surface area contributed by atoms with Crippen LogP contribution in [0.3, 0.4) is 0 Å². The Kier molecular flexibility index (Phi) is 10.0. The van der Waals surface area contributed by atoms with E-state index in [2.05, 4.69) is 9.80 Å². The van der Waals surface area contributed by atoms with Crippen molar-refractivity contribution in [3.05, 3.63) is 69.8 Å². The van der Waals surface area contributed by atoms with Gasteiger partial charge in [0.1, 0.15) is 5.75 Å². The van der Waals surface area contributed by atoms with E-state index < -0.39 is 0 Å². The van der Waals surface area contributed by atoms with Crippen molar-refractivity contribution in [2.45, 2.75) is 6.54 Å². The van der Waals surface area contributed by atoms with Gasteiger partial charge in [-0.1, -0.05) is 30.3 Å². The van der Waals surface area contributed by atoms with Gasteiger partial charge < -0.3 is 4.74 Å². The number of ether oxygens (including phenoxy) is 1. The Morgan fingerprint density at radius 3 is 2.24 bits per heavy atom. The Balaban J connectivity index is 0.00000210. The summed E-state index contributed by atoms with van der Waals surface area (Å²) in [5.41, 5.74) is 1.48. The minimum absolute atomic E-state index is 0. The highest BCUT2D eigenvalue weighted by Crippen LogP contribution is 2.25. The van der Waals surface area contributed by atoms with E-state index in [1.807, 2.05) is 30.3 Å². The topological polar surface area (TPSA) is 75.9 Å². The Morgan fingerprint density at radius 1 is 1.03 bits per heavy atom. The van der Waals surface area contributed by atoms with Crippen LogP contribution in [0.25, 0.3) is 0 Å². The van der Waals surface area contributed by atoms with Gasteiger partial charge in [0, 0.05) is 49.9 Å². The molecule has 0 radical (unpaired) electrons. The molecule has 1 fully saturated rings. The predicted octanol–water partition coefficient (Wildman–Crippen LogP) is 3.45. The minimum atomic E-state index is -0.358. The molecule has 0 unspecified atom stereocenters. The molecule has 2 aromatic rings. The molecule has 0 aliphatic carbocycles. The second-order valence-corrected chi connectivity index (χ2v) is 6.59. The fourth-order valence-electron chi connectivity index (χ4n) is 3.26. The molecule has 29 heavy (non-hydrogen) atoms. The maximum atomic E-state index is 12.3. The molecule has 158 valence electrons. The Morgan fingerprint density at radius 2 is 1.66 bits per heavy atom. The number of nitro groups is 1. The summed E-state index contributed by atoms with van der Waals surface area (Å²) in [5.74, 6) is 0.732. The molecule has 1 saturated heterocycles. The number of halogens is 2. The maximum Gasteiger partial charge on any atom is 0.274 e. The van der Waals surface area contributed by atoms with E-state index in [-0.39, 0.29) is 41.2 Å². The fraction of sp³-hybridized carbons (Fsp3) is 0.350. The van der Waals surface area contributed by atoms with Crippen LogP contribution in [0, 0.1) is 10.1 Å². The first-order valence-corrected chi connectivity index (χ1v) is 8.91. The highest BCUT2D eigenvalue weighted by atomic mass is 35.5. The fourth-order valence-corrected chi connectivity index (χ4v) is 3.26. The molecule has 0 N–H and O–H groups in total. The van der Waals surface area contributed by atoms with Crippen molar-refractivity contribution in [1.29, 1.82) is 0 Å². The molecule has 0 amide bonds. The highest BCUT2D eigenvalue weighted by Gasteiger charge is 2.22. The standard InChI is InChI=1S/C20H23N3O4.2ClH/c1-27-18-7-8-19(23(25)26)17(13-18)14-21-9-11-22(12-10-21)15-20(24)16-5-3-2-4-6-16;;/h2-8,13H,9-12,14-15H2,1H3;2*1H. The van der Waals surface area contributed by atoms with E-state index in [9.17, 15) is 14.9 Å². The number of methoxy groups -OCH3 is 1. The zero-order chi connectivity index (χ0) is 19.2. The van der Waals surface area contributed by atoms with Gasteiger partial charge in [-0.3, -0.25) is 24.7 Å². The van der Waals surface area contributed by atoms with Crippen LogP contribution in [0.4, 0.5) is 5.69 Å². The molecule has 0 bridgehead atoms. The zero-order valence-corrected chi connectivity index (χ0v) is 17.8. The predicted molar refractivity (Wildman–Crippen MR) is 117 cm³/mol. The van der Waals surface area contributed by atoms with E-state index in [1.54, 1.807) is 19.2 Å². The number of hydrogen-bond donors (Lipinski definition) is 0. The van der Waals surface area contributed by atoms with Crippen LogP contribution in [0.1, 0.15) is 15.9 Å². The average Bonchev–Trinajstić information content (AvgIpc) is 2.69. The van der Waals surface area contributed by atoms with Gasteiger partial charge in [0.15, 0.2) is 5.78 Å². The number of piperazine rings is 1. The molecule has 0 atom stereocenters. The lowest BCUT2D eigenvalue weighted by Crippen LogP contribution is -2.47. The number of benzene rings is 2. The third-order valence-corrected chi connectivity index (χ3v) is 4.81. The monoisotopic (exact) mass is 441 g/mol. The smallest absolute Gasteiger partial charge is 0.274 e. The lowest BCUT2D eigenvalue weighted by molar-refractivity contribution is -0.385.